The Hall–Kier alpha value is -2.60. The Morgan fingerprint density at radius 1 is 1.14 bits per heavy atom. The third-order valence-electron chi connectivity index (χ3n) is 4.77. The van der Waals surface area contributed by atoms with Gasteiger partial charge in [0.05, 0.1) is 25.1 Å². The molecule has 1 heterocycles. The summed E-state index contributed by atoms with van der Waals surface area (Å²) in [5, 5.41) is 9.22. The number of carbonyl (C=O) groups excluding carboxylic acids is 1. The number of benzene rings is 2. The van der Waals surface area contributed by atoms with Crippen LogP contribution < -0.4 is 4.74 Å². The van der Waals surface area contributed by atoms with Crippen molar-refractivity contribution in [3.63, 3.8) is 0 Å². The van der Waals surface area contributed by atoms with Gasteiger partial charge in [0.2, 0.25) is 5.91 Å². The number of amides is 1. The average Bonchev–Trinajstić information content (AvgIpc) is 3.03. The summed E-state index contributed by atoms with van der Waals surface area (Å²) >= 11 is 1.52. The topological polar surface area (TPSA) is 54.3 Å². The number of hydrogen-bond acceptors (Lipinski definition) is 5. The fourth-order valence-corrected chi connectivity index (χ4v) is 4.16. The normalized spacial score (nSPS) is 18.2. The highest BCUT2D eigenvalue weighted by molar-refractivity contribution is 8.15. The van der Waals surface area contributed by atoms with Crippen LogP contribution in [-0.4, -0.2) is 34.5 Å². The zero-order chi connectivity index (χ0) is 20.6. The van der Waals surface area contributed by atoms with Gasteiger partial charge >= 0.3 is 0 Å². The molecule has 3 rings (SSSR count). The maximum atomic E-state index is 13.0. The SMILES string of the molecule is CCCCC1S/C(=N/N=C/c2ccc(C)cc2)N(Cc2ccc(OC)cc2)C1=O. The van der Waals surface area contributed by atoms with Gasteiger partial charge in [-0.3, -0.25) is 9.69 Å². The third kappa shape index (κ3) is 5.70. The number of nitrogens with zero attached hydrogens (tertiary/aromatic N) is 3. The Bertz CT molecular complexity index is 876. The van der Waals surface area contributed by atoms with E-state index < -0.39 is 0 Å². The second-order valence-electron chi connectivity index (χ2n) is 7.06. The molecule has 1 saturated heterocycles. The van der Waals surface area contributed by atoms with E-state index in [9.17, 15) is 4.79 Å². The number of aryl methyl sites for hydroxylation is 1. The van der Waals surface area contributed by atoms with Crippen molar-refractivity contribution in [3.05, 3.63) is 65.2 Å². The Morgan fingerprint density at radius 3 is 2.52 bits per heavy atom. The molecule has 6 heteroatoms. The molecule has 0 spiro atoms. The lowest BCUT2D eigenvalue weighted by Gasteiger charge is -2.16. The molecule has 29 heavy (non-hydrogen) atoms. The van der Waals surface area contributed by atoms with Crippen LogP contribution in [0.5, 0.6) is 5.75 Å². The molecule has 0 N–H and O–H groups in total. The molecule has 1 aliphatic heterocycles. The summed E-state index contributed by atoms with van der Waals surface area (Å²) in [6, 6.07) is 15.9. The van der Waals surface area contributed by atoms with Gasteiger partial charge in [0, 0.05) is 0 Å². The molecule has 0 bridgehead atoms. The van der Waals surface area contributed by atoms with Crippen LogP contribution in [0.15, 0.2) is 58.7 Å². The van der Waals surface area contributed by atoms with E-state index >= 15 is 0 Å². The lowest BCUT2D eigenvalue weighted by atomic mass is 10.1. The molecule has 0 saturated carbocycles. The number of carbonyl (C=O) groups is 1. The van der Waals surface area contributed by atoms with Gasteiger partial charge in [-0.2, -0.15) is 5.10 Å². The summed E-state index contributed by atoms with van der Waals surface area (Å²) in [5.74, 6) is 0.914. The maximum Gasteiger partial charge on any atom is 0.242 e. The lowest BCUT2D eigenvalue weighted by molar-refractivity contribution is -0.126. The van der Waals surface area contributed by atoms with Crippen molar-refractivity contribution in [2.45, 2.75) is 44.9 Å². The molecule has 1 atom stereocenters. The van der Waals surface area contributed by atoms with Gasteiger partial charge in [-0.25, -0.2) is 0 Å². The van der Waals surface area contributed by atoms with Gasteiger partial charge in [-0.05, 0) is 36.6 Å². The van der Waals surface area contributed by atoms with E-state index in [0.717, 1.165) is 36.1 Å². The largest absolute Gasteiger partial charge is 0.497 e. The first-order chi connectivity index (χ1) is 14.1. The van der Waals surface area contributed by atoms with Crippen molar-refractivity contribution < 1.29 is 9.53 Å². The highest BCUT2D eigenvalue weighted by Crippen LogP contribution is 2.32. The maximum absolute atomic E-state index is 13.0. The molecule has 0 aliphatic carbocycles. The molecule has 1 unspecified atom stereocenters. The summed E-state index contributed by atoms with van der Waals surface area (Å²) in [7, 11) is 1.64. The molecule has 0 radical (unpaired) electrons. The van der Waals surface area contributed by atoms with Crippen LogP contribution in [0.1, 0.15) is 42.9 Å². The zero-order valence-corrected chi connectivity index (χ0v) is 18.0. The van der Waals surface area contributed by atoms with Gasteiger partial charge in [0.1, 0.15) is 5.75 Å². The Labute approximate surface area is 176 Å². The standard InChI is InChI=1S/C23H27N3O2S/c1-4-5-6-21-22(27)26(16-19-11-13-20(28-3)14-12-19)23(29-21)25-24-15-18-9-7-17(2)8-10-18/h7-15,21H,4-6,16H2,1-3H3/b24-15+,25-23+. The monoisotopic (exact) mass is 409 g/mol. The molecule has 152 valence electrons. The lowest BCUT2D eigenvalue weighted by Crippen LogP contribution is -2.31. The summed E-state index contributed by atoms with van der Waals surface area (Å²) in [4.78, 5) is 14.7. The number of amidine groups is 1. The highest BCUT2D eigenvalue weighted by atomic mass is 32.2. The first kappa shape index (κ1) is 21.1. The fourth-order valence-electron chi connectivity index (χ4n) is 3.02. The molecule has 5 nitrogen and oxygen atoms in total. The van der Waals surface area contributed by atoms with E-state index in [4.69, 9.17) is 4.74 Å². The number of rotatable bonds is 8. The van der Waals surface area contributed by atoms with Crippen LogP contribution in [0, 0.1) is 6.92 Å². The van der Waals surface area contributed by atoms with E-state index in [1.54, 1.807) is 18.2 Å². The number of hydrogen-bond donors (Lipinski definition) is 0. The Balaban J connectivity index is 1.78. The minimum atomic E-state index is -0.0819. The van der Waals surface area contributed by atoms with Crippen molar-refractivity contribution in [1.29, 1.82) is 0 Å². The molecule has 2 aromatic carbocycles. The van der Waals surface area contributed by atoms with Crippen molar-refractivity contribution in [2.75, 3.05) is 7.11 Å². The van der Waals surface area contributed by atoms with Crippen LogP contribution in [0.4, 0.5) is 0 Å². The predicted octanol–water partition coefficient (Wildman–Crippen LogP) is 5.03. The third-order valence-corrected chi connectivity index (χ3v) is 6.00. The van der Waals surface area contributed by atoms with E-state index in [1.807, 2.05) is 48.5 Å². The second-order valence-corrected chi connectivity index (χ2v) is 8.23. The fraction of sp³-hybridized carbons (Fsp3) is 0.348. The van der Waals surface area contributed by atoms with Gasteiger partial charge in [0.25, 0.3) is 0 Å². The smallest absolute Gasteiger partial charge is 0.242 e. The van der Waals surface area contributed by atoms with E-state index in [-0.39, 0.29) is 11.2 Å². The molecule has 1 amide bonds. The minimum Gasteiger partial charge on any atom is -0.497 e. The number of unbranched alkanes of at least 4 members (excludes halogenated alkanes) is 1. The molecule has 0 aromatic heterocycles. The summed E-state index contributed by atoms with van der Waals surface area (Å²) in [5.41, 5.74) is 3.22. The molecular formula is C23H27N3O2S. The summed E-state index contributed by atoms with van der Waals surface area (Å²) < 4.78 is 5.22. The van der Waals surface area contributed by atoms with Crippen LogP contribution in [0.25, 0.3) is 0 Å². The number of ether oxygens (including phenoxy) is 1. The van der Waals surface area contributed by atoms with Crippen LogP contribution >= 0.6 is 11.8 Å². The molecule has 2 aromatic rings. The van der Waals surface area contributed by atoms with Crippen LogP contribution in [0.3, 0.4) is 0 Å². The Kier molecular flexibility index (Phi) is 7.47. The number of thioether (sulfide) groups is 1. The summed E-state index contributed by atoms with van der Waals surface area (Å²) in [6.07, 6.45) is 4.68. The van der Waals surface area contributed by atoms with E-state index in [0.29, 0.717) is 11.7 Å². The molecule has 1 aliphatic rings. The zero-order valence-electron chi connectivity index (χ0n) is 17.2. The predicted molar refractivity (Wildman–Crippen MR) is 121 cm³/mol. The average molecular weight is 410 g/mol. The van der Waals surface area contributed by atoms with E-state index in [1.165, 1.54) is 17.3 Å². The van der Waals surface area contributed by atoms with Gasteiger partial charge in [-0.15, -0.1) is 5.10 Å². The quantitative estimate of drug-likeness (QED) is 0.454. The molecular weight excluding hydrogens is 382 g/mol. The Morgan fingerprint density at radius 2 is 1.86 bits per heavy atom. The first-order valence-corrected chi connectivity index (χ1v) is 10.8. The van der Waals surface area contributed by atoms with Gasteiger partial charge in [-0.1, -0.05) is 73.5 Å². The van der Waals surface area contributed by atoms with Crippen LogP contribution in [-0.2, 0) is 11.3 Å². The van der Waals surface area contributed by atoms with Crippen LogP contribution in [0.2, 0.25) is 0 Å². The van der Waals surface area contributed by atoms with Gasteiger partial charge < -0.3 is 4.74 Å². The first-order valence-electron chi connectivity index (χ1n) is 9.89. The van der Waals surface area contributed by atoms with Crippen molar-refractivity contribution in [3.8, 4) is 5.75 Å². The second kappa shape index (κ2) is 10.3. The number of methoxy groups -OCH3 is 1. The minimum absolute atomic E-state index is 0.0819. The van der Waals surface area contributed by atoms with Crippen molar-refractivity contribution in [1.82, 2.24) is 4.90 Å². The van der Waals surface area contributed by atoms with Crippen molar-refractivity contribution in [2.24, 2.45) is 10.2 Å². The van der Waals surface area contributed by atoms with Gasteiger partial charge in [0.15, 0.2) is 5.17 Å². The molecule has 1 fully saturated rings. The van der Waals surface area contributed by atoms with Crippen molar-refractivity contribution >= 4 is 29.1 Å². The summed E-state index contributed by atoms with van der Waals surface area (Å²) in [6.45, 7) is 4.67. The van der Waals surface area contributed by atoms with E-state index in [2.05, 4.69) is 24.1 Å². The highest BCUT2D eigenvalue weighted by Gasteiger charge is 2.37.